The fourth-order valence-electron chi connectivity index (χ4n) is 0.782. The van der Waals surface area contributed by atoms with Crippen LogP contribution in [0.15, 0.2) is 12.1 Å². The third-order valence-electron chi connectivity index (χ3n) is 1.31. The van der Waals surface area contributed by atoms with Crippen molar-refractivity contribution in [3.05, 3.63) is 32.6 Å². The number of hydrogen-bond acceptors (Lipinski definition) is 4. The number of nitrogens with zero attached hydrogens (tertiary/aromatic N) is 1. The molecule has 0 saturated heterocycles. The van der Waals surface area contributed by atoms with Crippen LogP contribution in [0.25, 0.3) is 0 Å². The minimum atomic E-state index is -1.40. The number of carbonyl (C=O) groups is 1. The van der Waals surface area contributed by atoms with Crippen LogP contribution in [0.2, 0.25) is 0 Å². The minimum Gasteiger partial charge on any atom is -0.476 e. The zero-order valence-corrected chi connectivity index (χ0v) is 7.00. The van der Waals surface area contributed by atoms with E-state index in [1.165, 1.54) is 6.07 Å². The van der Waals surface area contributed by atoms with Crippen molar-refractivity contribution < 1.29 is 14.8 Å². The third-order valence-corrected chi connectivity index (χ3v) is 1.55. The van der Waals surface area contributed by atoms with Gasteiger partial charge in [0.15, 0.2) is 0 Å². The molecule has 0 radical (unpaired) electrons. The summed E-state index contributed by atoms with van der Waals surface area (Å²) in [6.07, 6.45) is 0. The van der Waals surface area contributed by atoms with Crippen molar-refractivity contribution in [3.8, 4) is 0 Å². The lowest BCUT2D eigenvalue weighted by atomic mass is 10.3. The topological polar surface area (TPSA) is 96.2 Å². The molecule has 0 fully saturated rings. The van der Waals surface area contributed by atoms with Crippen LogP contribution in [0.4, 0.5) is 5.69 Å². The van der Waals surface area contributed by atoms with Gasteiger partial charge in [-0.15, -0.1) is 0 Å². The van der Waals surface area contributed by atoms with E-state index in [1.807, 2.05) is 0 Å². The SMILES string of the molecule is O=C(O)c1[nH]c(=S)ccc1[N+](=O)[O-]. The summed E-state index contributed by atoms with van der Waals surface area (Å²) in [6.45, 7) is 0. The van der Waals surface area contributed by atoms with Crippen molar-refractivity contribution in [2.45, 2.75) is 0 Å². The maximum absolute atomic E-state index is 10.5. The van der Waals surface area contributed by atoms with Crippen LogP contribution in [-0.4, -0.2) is 21.0 Å². The molecule has 0 saturated carbocycles. The predicted octanol–water partition coefficient (Wildman–Crippen LogP) is 1.35. The first-order valence-corrected chi connectivity index (χ1v) is 3.54. The lowest BCUT2D eigenvalue weighted by molar-refractivity contribution is -0.385. The van der Waals surface area contributed by atoms with Gasteiger partial charge in [0.2, 0.25) is 5.69 Å². The second kappa shape index (κ2) is 3.31. The monoisotopic (exact) mass is 200 g/mol. The number of carboxylic acid groups (broad SMARTS) is 1. The second-order valence-corrected chi connectivity index (χ2v) is 2.58. The van der Waals surface area contributed by atoms with Crippen LogP contribution in [0, 0.1) is 14.8 Å². The molecule has 0 aromatic carbocycles. The number of hydrogen-bond donors (Lipinski definition) is 2. The lowest BCUT2D eigenvalue weighted by Gasteiger charge is -1.96. The van der Waals surface area contributed by atoms with Gasteiger partial charge >= 0.3 is 5.97 Å². The summed E-state index contributed by atoms with van der Waals surface area (Å²) in [5, 5.41) is 18.9. The summed E-state index contributed by atoms with van der Waals surface area (Å²) in [4.78, 5) is 22.3. The molecule has 0 amide bonds. The van der Waals surface area contributed by atoms with Crippen LogP contribution in [0.1, 0.15) is 10.5 Å². The van der Waals surface area contributed by atoms with E-state index in [-0.39, 0.29) is 4.64 Å². The van der Waals surface area contributed by atoms with Crippen molar-refractivity contribution in [3.63, 3.8) is 0 Å². The molecule has 68 valence electrons. The van der Waals surface area contributed by atoms with E-state index in [2.05, 4.69) is 17.2 Å². The van der Waals surface area contributed by atoms with Gasteiger partial charge < -0.3 is 10.1 Å². The zero-order chi connectivity index (χ0) is 10.0. The lowest BCUT2D eigenvalue weighted by Crippen LogP contribution is -2.05. The molecule has 2 N–H and O–H groups in total. The van der Waals surface area contributed by atoms with Gasteiger partial charge in [-0.1, -0.05) is 12.2 Å². The Morgan fingerprint density at radius 1 is 1.62 bits per heavy atom. The summed E-state index contributed by atoms with van der Waals surface area (Å²) in [7, 11) is 0. The van der Waals surface area contributed by atoms with E-state index < -0.39 is 22.3 Å². The number of rotatable bonds is 2. The molecule has 13 heavy (non-hydrogen) atoms. The van der Waals surface area contributed by atoms with Gasteiger partial charge in [0.05, 0.1) is 4.92 Å². The summed E-state index contributed by atoms with van der Waals surface area (Å²) in [5.74, 6) is -1.40. The van der Waals surface area contributed by atoms with Crippen molar-refractivity contribution in [1.82, 2.24) is 4.98 Å². The Kier molecular flexibility index (Phi) is 2.38. The van der Waals surface area contributed by atoms with Gasteiger partial charge in [0.25, 0.3) is 5.69 Å². The molecule has 7 heteroatoms. The van der Waals surface area contributed by atoms with E-state index in [4.69, 9.17) is 5.11 Å². The van der Waals surface area contributed by atoms with Gasteiger partial charge in [-0.2, -0.15) is 0 Å². The fourth-order valence-corrected chi connectivity index (χ4v) is 0.952. The number of nitro groups is 1. The van der Waals surface area contributed by atoms with Crippen LogP contribution in [0.5, 0.6) is 0 Å². The summed E-state index contributed by atoms with van der Waals surface area (Å²) >= 11 is 4.62. The molecule has 1 heterocycles. The molecular formula is C6H4N2O4S. The van der Waals surface area contributed by atoms with Crippen LogP contribution in [-0.2, 0) is 0 Å². The molecule has 6 nitrogen and oxygen atoms in total. The van der Waals surface area contributed by atoms with E-state index in [0.717, 1.165) is 6.07 Å². The van der Waals surface area contributed by atoms with Crippen molar-refractivity contribution in [1.29, 1.82) is 0 Å². The molecule has 0 aliphatic heterocycles. The molecule has 0 unspecified atom stereocenters. The maximum atomic E-state index is 10.5. The molecule has 0 spiro atoms. The Morgan fingerprint density at radius 3 is 2.69 bits per heavy atom. The van der Waals surface area contributed by atoms with Gasteiger partial charge in [-0.3, -0.25) is 10.1 Å². The molecule has 0 atom stereocenters. The summed E-state index contributed by atoms with van der Waals surface area (Å²) in [5.41, 5.74) is -1.00. The Balaban J connectivity index is 3.44. The van der Waals surface area contributed by atoms with E-state index in [9.17, 15) is 14.9 Å². The largest absolute Gasteiger partial charge is 0.476 e. The smallest absolute Gasteiger partial charge is 0.359 e. The average molecular weight is 200 g/mol. The second-order valence-electron chi connectivity index (χ2n) is 2.15. The van der Waals surface area contributed by atoms with Crippen LogP contribution >= 0.6 is 12.2 Å². The van der Waals surface area contributed by atoms with Crippen LogP contribution in [0.3, 0.4) is 0 Å². The maximum Gasteiger partial charge on any atom is 0.359 e. The fraction of sp³-hybridized carbons (Fsp3) is 0. The summed E-state index contributed by atoms with van der Waals surface area (Å²) < 4.78 is 0.142. The standard InChI is InChI=1S/C6H4N2O4S/c9-6(10)5-3(8(11)12)1-2-4(13)7-5/h1-2H,(H,7,13)(H,9,10). The number of aromatic carboxylic acids is 1. The molecule has 1 aromatic heterocycles. The average Bonchev–Trinajstić information content (AvgIpc) is 2.03. The first kappa shape index (κ1) is 9.33. The molecule has 1 rings (SSSR count). The Bertz CT molecular complexity index is 425. The van der Waals surface area contributed by atoms with E-state index in [1.54, 1.807) is 0 Å². The third kappa shape index (κ3) is 1.88. The molecule has 1 aromatic rings. The zero-order valence-electron chi connectivity index (χ0n) is 6.18. The first-order chi connectivity index (χ1) is 6.02. The van der Waals surface area contributed by atoms with E-state index >= 15 is 0 Å². The quantitative estimate of drug-likeness (QED) is 0.426. The molecule has 0 aliphatic rings. The highest BCUT2D eigenvalue weighted by Gasteiger charge is 2.19. The highest BCUT2D eigenvalue weighted by atomic mass is 32.1. The van der Waals surface area contributed by atoms with Crippen LogP contribution < -0.4 is 0 Å². The van der Waals surface area contributed by atoms with Gasteiger partial charge in [0.1, 0.15) is 4.64 Å². The number of carboxylic acids is 1. The minimum absolute atomic E-state index is 0.142. The molecule has 0 aliphatic carbocycles. The molecule has 0 bridgehead atoms. The van der Waals surface area contributed by atoms with Crippen molar-refractivity contribution >= 4 is 23.9 Å². The predicted molar refractivity (Wildman–Crippen MR) is 45.2 cm³/mol. The van der Waals surface area contributed by atoms with Crippen molar-refractivity contribution in [2.24, 2.45) is 0 Å². The first-order valence-electron chi connectivity index (χ1n) is 3.13. The number of aromatic nitrogens is 1. The Hall–Kier alpha value is -1.76. The number of pyridine rings is 1. The summed E-state index contributed by atoms with van der Waals surface area (Å²) in [6, 6.07) is 2.32. The number of nitrogens with one attached hydrogen (secondary N) is 1. The van der Waals surface area contributed by atoms with Gasteiger partial charge in [-0.05, 0) is 6.07 Å². The number of aromatic amines is 1. The molecular weight excluding hydrogens is 196 g/mol. The Labute approximate surface area is 77.0 Å². The highest BCUT2D eigenvalue weighted by Crippen LogP contribution is 2.14. The van der Waals surface area contributed by atoms with Gasteiger partial charge in [-0.25, -0.2) is 4.79 Å². The highest BCUT2D eigenvalue weighted by molar-refractivity contribution is 7.71. The number of H-pyrrole nitrogens is 1. The van der Waals surface area contributed by atoms with E-state index in [0.29, 0.717) is 0 Å². The normalized spacial score (nSPS) is 9.54. The Morgan fingerprint density at radius 2 is 2.23 bits per heavy atom. The van der Waals surface area contributed by atoms with Gasteiger partial charge in [0, 0.05) is 6.07 Å². The van der Waals surface area contributed by atoms with Crippen molar-refractivity contribution in [2.75, 3.05) is 0 Å².